The lowest BCUT2D eigenvalue weighted by atomic mass is 10.1. The number of halogens is 1. The van der Waals surface area contributed by atoms with Gasteiger partial charge in [0, 0.05) is 13.1 Å². The Morgan fingerprint density at radius 3 is 2.72 bits per heavy atom. The maximum absolute atomic E-state index is 6.09. The molecule has 1 heterocycles. The molecule has 0 amide bonds. The van der Waals surface area contributed by atoms with Gasteiger partial charge in [-0.05, 0) is 69.9 Å². The van der Waals surface area contributed by atoms with Crippen molar-refractivity contribution in [1.29, 1.82) is 0 Å². The van der Waals surface area contributed by atoms with Crippen molar-refractivity contribution in [2.75, 3.05) is 11.9 Å². The lowest BCUT2D eigenvalue weighted by Crippen LogP contribution is -2.09. The van der Waals surface area contributed by atoms with E-state index in [1.54, 1.807) is 4.68 Å². The number of hydrogen-bond donors (Lipinski definition) is 1. The molecule has 29 heavy (non-hydrogen) atoms. The van der Waals surface area contributed by atoms with E-state index in [4.69, 9.17) is 9.47 Å². The van der Waals surface area contributed by atoms with E-state index in [-0.39, 0.29) is 0 Å². The lowest BCUT2D eigenvalue weighted by Gasteiger charge is -2.16. The SMILES string of the molecule is CCCn1nnnc1NCc1cc(Br)c(OCc2cccc(C)c2)c(OCC)c1. The maximum Gasteiger partial charge on any atom is 0.243 e. The summed E-state index contributed by atoms with van der Waals surface area (Å²) in [5, 5.41) is 15.1. The van der Waals surface area contributed by atoms with Crippen LogP contribution in [0.15, 0.2) is 40.9 Å². The Hall–Kier alpha value is -2.61. The summed E-state index contributed by atoms with van der Waals surface area (Å²) in [7, 11) is 0. The van der Waals surface area contributed by atoms with Crippen LogP contribution < -0.4 is 14.8 Å². The van der Waals surface area contributed by atoms with Crippen LogP contribution in [0.4, 0.5) is 5.95 Å². The van der Waals surface area contributed by atoms with Gasteiger partial charge in [0.05, 0.1) is 11.1 Å². The molecule has 0 aliphatic rings. The summed E-state index contributed by atoms with van der Waals surface area (Å²) in [6.07, 6.45) is 0.965. The first kappa shape index (κ1) is 21.1. The Labute approximate surface area is 179 Å². The standard InChI is InChI=1S/C21H26BrN5O2/c1-4-9-27-21(24-25-26-27)23-13-17-11-18(22)20(19(12-17)28-5-2)29-14-16-8-6-7-15(3)10-16/h6-8,10-12H,4-5,9,13-14H2,1-3H3,(H,23,24,26). The summed E-state index contributed by atoms with van der Waals surface area (Å²) in [4.78, 5) is 0. The Morgan fingerprint density at radius 2 is 1.97 bits per heavy atom. The van der Waals surface area contributed by atoms with Gasteiger partial charge in [-0.2, -0.15) is 0 Å². The normalized spacial score (nSPS) is 10.8. The molecule has 0 fully saturated rings. The molecular formula is C21H26BrN5O2. The first-order chi connectivity index (χ1) is 14.1. The Balaban J connectivity index is 1.74. The molecule has 0 radical (unpaired) electrons. The van der Waals surface area contributed by atoms with E-state index in [9.17, 15) is 0 Å². The van der Waals surface area contributed by atoms with E-state index in [1.807, 2.05) is 25.1 Å². The van der Waals surface area contributed by atoms with E-state index < -0.39 is 0 Å². The zero-order valence-electron chi connectivity index (χ0n) is 17.0. The van der Waals surface area contributed by atoms with Gasteiger partial charge in [0.25, 0.3) is 0 Å². The van der Waals surface area contributed by atoms with Crippen LogP contribution in [0.2, 0.25) is 0 Å². The molecule has 0 bridgehead atoms. The summed E-state index contributed by atoms with van der Waals surface area (Å²) in [6, 6.07) is 12.3. The smallest absolute Gasteiger partial charge is 0.243 e. The van der Waals surface area contributed by atoms with Crippen molar-refractivity contribution in [3.63, 3.8) is 0 Å². The van der Waals surface area contributed by atoms with Gasteiger partial charge in [-0.3, -0.25) is 0 Å². The van der Waals surface area contributed by atoms with Gasteiger partial charge in [0.2, 0.25) is 5.95 Å². The fraction of sp³-hybridized carbons (Fsp3) is 0.381. The van der Waals surface area contributed by atoms with E-state index in [0.717, 1.165) is 28.6 Å². The predicted octanol–water partition coefficient (Wildman–Crippen LogP) is 4.74. The quantitative estimate of drug-likeness (QED) is 0.471. The molecule has 1 N–H and O–H groups in total. The van der Waals surface area contributed by atoms with Gasteiger partial charge < -0.3 is 14.8 Å². The molecule has 154 valence electrons. The minimum Gasteiger partial charge on any atom is -0.490 e. The number of nitrogens with one attached hydrogen (secondary N) is 1. The van der Waals surface area contributed by atoms with Crippen molar-refractivity contribution < 1.29 is 9.47 Å². The van der Waals surface area contributed by atoms with Gasteiger partial charge in [0.15, 0.2) is 11.5 Å². The number of ether oxygens (including phenoxy) is 2. The third kappa shape index (κ3) is 5.69. The van der Waals surface area contributed by atoms with Crippen molar-refractivity contribution in [2.24, 2.45) is 0 Å². The fourth-order valence-corrected chi connectivity index (χ4v) is 3.56. The van der Waals surface area contributed by atoms with Crippen LogP contribution in [-0.4, -0.2) is 26.8 Å². The number of hydrogen-bond acceptors (Lipinski definition) is 6. The predicted molar refractivity (Wildman–Crippen MR) is 116 cm³/mol. The van der Waals surface area contributed by atoms with Crippen molar-refractivity contribution >= 4 is 21.9 Å². The fourth-order valence-electron chi connectivity index (χ4n) is 2.96. The molecule has 8 heteroatoms. The molecule has 0 saturated carbocycles. The second-order valence-electron chi connectivity index (χ2n) is 6.69. The van der Waals surface area contributed by atoms with Crippen molar-refractivity contribution in [2.45, 2.75) is 46.9 Å². The molecule has 2 aromatic carbocycles. The zero-order chi connectivity index (χ0) is 20.6. The molecule has 1 aromatic heterocycles. The van der Waals surface area contributed by atoms with Crippen molar-refractivity contribution in [3.8, 4) is 11.5 Å². The van der Waals surface area contributed by atoms with Gasteiger partial charge >= 0.3 is 0 Å². The Bertz CT molecular complexity index is 945. The van der Waals surface area contributed by atoms with Gasteiger partial charge in [-0.15, -0.1) is 0 Å². The molecule has 3 rings (SSSR count). The number of tetrazole rings is 1. The number of benzene rings is 2. The third-order valence-corrected chi connectivity index (χ3v) is 4.84. The average molecular weight is 460 g/mol. The molecule has 3 aromatic rings. The topological polar surface area (TPSA) is 74.1 Å². The first-order valence-corrected chi connectivity index (χ1v) is 10.5. The highest BCUT2D eigenvalue weighted by atomic mass is 79.9. The Kier molecular flexibility index (Phi) is 7.46. The van der Waals surface area contributed by atoms with Crippen LogP contribution in [0.5, 0.6) is 11.5 Å². The monoisotopic (exact) mass is 459 g/mol. The number of nitrogens with zero attached hydrogens (tertiary/aromatic N) is 4. The summed E-state index contributed by atoms with van der Waals surface area (Å²) < 4.78 is 14.5. The Morgan fingerprint density at radius 1 is 1.10 bits per heavy atom. The highest BCUT2D eigenvalue weighted by molar-refractivity contribution is 9.10. The molecule has 0 unspecified atom stereocenters. The van der Waals surface area contributed by atoms with Crippen LogP contribution in [-0.2, 0) is 19.7 Å². The van der Waals surface area contributed by atoms with Crippen LogP contribution in [0, 0.1) is 6.92 Å². The maximum atomic E-state index is 6.09. The molecule has 0 atom stereocenters. The molecule has 0 spiro atoms. The molecule has 0 aliphatic carbocycles. The zero-order valence-corrected chi connectivity index (χ0v) is 18.6. The highest BCUT2D eigenvalue weighted by Gasteiger charge is 2.14. The number of rotatable bonds is 10. The van der Waals surface area contributed by atoms with Crippen LogP contribution in [0.25, 0.3) is 0 Å². The van der Waals surface area contributed by atoms with Crippen LogP contribution in [0.1, 0.15) is 37.0 Å². The van der Waals surface area contributed by atoms with Gasteiger partial charge in [-0.25, -0.2) is 4.68 Å². The van der Waals surface area contributed by atoms with E-state index in [1.165, 1.54) is 5.56 Å². The summed E-state index contributed by atoms with van der Waals surface area (Å²) in [6.45, 7) is 8.50. The molecule has 7 nitrogen and oxygen atoms in total. The molecule has 0 saturated heterocycles. The largest absolute Gasteiger partial charge is 0.490 e. The van der Waals surface area contributed by atoms with E-state index in [0.29, 0.717) is 37.2 Å². The number of anilines is 1. The van der Waals surface area contributed by atoms with Crippen LogP contribution in [0.3, 0.4) is 0 Å². The summed E-state index contributed by atoms with van der Waals surface area (Å²) in [5.74, 6) is 2.06. The second kappa shape index (κ2) is 10.2. The third-order valence-electron chi connectivity index (χ3n) is 4.25. The minimum absolute atomic E-state index is 0.476. The first-order valence-electron chi connectivity index (χ1n) is 9.74. The number of aryl methyl sites for hydroxylation is 2. The highest BCUT2D eigenvalue weighted by Crippen LogP contribution is 2.37. The summed E-state index contributed by atoms with van der Waals surface area (Å²) >= 11 is 3.64. The second-order valence-corrected chi connectivity index (χ2v) is 7.55. The van der Waals surface area contributed by atoms with Crippen molar-refractivity contribution in [1.82, 2.24) is 20.2 Å². The average Bonchev–Trinajstić information content (AvgIpc) is 3.13. The minimum atomic E-state index is 0.476. The van der Waals surface area contributed by atoms with Gasteiger partial charge in [0.1, 0.15) is 6.61 Å². The van der Waals surface area contributed by atoms with Gasteiger partial charge in [-0.1, -0.05) is 41.9 Å². The lowest BCUT2D eigenvalue weighted by molar-refractivity contribution is 0.267. The summed E-state index contributed by atoms with van der Waals surface area (Å²) in [5.41, 5.74) is 3.36. The van der Waals surface area contributed by atoms with E-state index in [2.05, 4.69) is 68.8 Å². The molecular weight excluding hydrogens is 434 g/mol. The number of aromatic nitrogens is 4. The molecule has 0 aliphatic heterocycles. The van der Waals surface area contributed by atoms with E-state index >= 15 is 0 Å². The van der Waals surface area contributed by atoms with Crippen LogP contribution >= 0.6 is 15.9 Å². The van der Waals surface area contributed by atoms with Crippen molar-refractivity contribution in [3.05, 3.63) is 57.6 Å².